The second-order valence-corrected chi connectivity index (χ2v) is 8.06. The quantitative estimate of drug-likeness (QED) is 0.748. The molecule has 7 nitrogen and oxygen atoms in total. The summed E-state index contributed by atoms with van der Waals surface area (Å²) in [6.45, 7) is 5.12. The van der Waals surface area contributed by atoms with Gasteiger partial charge in [-0.15, -0.1) is 0 Å². The number of amides is 3. The van der Waals surface area contributed by atoms with Gasteiger partial charge in [0.05, 0.1) is 5.75 Å². The molecule has 0 aliphatic carbocycles. The van der Waals surface area contributed by atoms with E-state index in [1.54, 1.807) is 13.8 Å². The van der Waals surface area contributed by atoms with Crippen LogP contribution in [0, 0.1) is 6.92 Å². The molecule has 0 radical (unpaired) electrons. The summed E-state index contributed by atoms with van der Waals surface area (Å²) in [5.41, 5.74) is 0.948. The van der Waals surface area contributed by atoms with E-state index in [1.807, 2.05) is 31.2 Å². The maximum Gasteiger partial charge on any atom is 0.325 e. The fourth-order valence-corrected chi connectivity index (χ4v) is 3.16. The van der Waals surface area contributed by atoms with Crippen molar-refractivity contribution in [3.63, 3.8) is 0 Å². The van der Waals surface area contributed by atoms with E-state index in [0.717, 1.165) is 16.0 Å². The molecular formula is C15H21N3O4S. The normalized spacial score (nSPS) is 17.4. The molecule has 0 saturated carbocycles. The highest BCUT2D eigenvalue weighted by molar-refractivity contribution is 7.89. The van der Waals surface area contributed by atoms with Gasteiger partial charge < -0.3 is 5.32 Å². The number of hydrogen-bond acceptors (Lipinski definition) is 4. The van der Waals surface area contributed by atoms with Gasteiger partial charge in [-0.25, -0.2) is 17.9 Å². The lowest BCUT2D eigenvalue weighted by Gasteiger charge is -2.16. The highest BCUT2D eigenvalue weighted by atomic mass is 32.2. The third-order valence-corrected chi connectivity index (χ3v) is 4.95. The van der Waals surface area contributed by atoms with Crippen molar-refractivity contribution in [1.29, 1.82) is 0 Å². The van der Waals surface area contributed by atoms with Crippen molar-refractivity contribution in [2.75, 3.05) is 12.3 Å². The Morgan fingerprint density at radius 3 is 2.30 bits per heavy atom. The molecule has 0 unspecified atom stereocenters. The summed E-state index contributed by atoms with van der Waals surface area (Å²) < 4.78 is 26.5. The molecule has 8 heteroatoms. The Balaban J connectivity index is 1.90. The molecule has 1 aliphatic rings. The van der Waals surface area contributed by atoms with Gasteiger partial charge in [-0.1, -0.05) is 29.8 Å². The number of aryl methyl sites for hydroxylation is 1. The van der Waals surface area contributed by atoms with Crippen LogP contribution in [0.4, 0.5) is 4.79 Å². The topological polar surface area (TPSA) is 95.6 Å². The van der Waals surface area contributed by atoms with Crippen molar-refractivity contribution in [3.8, 4) is 0 Å². The third kappa shape index (κ3) is 4.29. The largest absolute Gasteiger partial charge is 0.325 e. The van der Waals surface area contributed by atoms with E-state index in [-0.39, 0.29) is 18.8 Å². The average molecular weight is 339 g/mol. The van der Waals surface area contributed by atoms with Gasteiger partial charge in [-0.05, 0) is 26.3 Å². The summed E-state index contributed by atoms with van der Waals surface area (Å²) in [5.74, 6) is -0.745. The van der Waals surface area contributed by atoms with Crippen molar-refractivity contribution in [3.05, 3.63) is 35.4 Å². The number of imide groups is 1. The maximum atomic E-state index is 12.0. The van der Waals surface area contributed by atoms with Crippen LogP contribution < -0.4 is 10.0 Å². The fourth-order valence-electron chi connectivity index (χ4n) is 2.20. The van der Waals surface area contributed by atoms with E-state index in [4.69, 9.17) is 0 Å². The van der Waals surface area contributed by atoms with Crippen LogP contribution in [0.5, 0.6) is 0 Å². The van der Waals surface area contributed by atoms with E-state index >= 15 is 0 Å². The van der Waals surface area contributed by atoms with Crippen molar-refractivity contribution >= 4 is 22.0 Å². The molecular weight excluding hydrogens is 318 g/mol. The van der Waals surface area contributed by atoms with Gasteiger partial charge >= 0.3 is 6.03 Å². The van der Waals surface area contributed by atoms with Gasteiger partial charge in [0.15, 0.2) is 0 Å². The molecule has 1 aliphatic heterocycles. The summed E-state index contributed by atoms with van der Waals surface area (Å²) in [7, 11) is -3.59. The lowest BCUT2D eigenvalue weighted by molar-refractivity contribution is -0.130. The molecule has 0 spiro atoms. The van der Waals surface area contributed by atoms with Crippen molar-refractivity contribution in [2.24, 2.45) is 0 Å². The third-order valence-electron chi connectivity index (χ3n) is 3.64. The highest BCUT2D eigenvalue weighted by Gasteiger charge is 2.44. The maximum absolute atomic E-state index is 12.0. The Labute approximate surface area is 136 Å². The lowest BCUT2D eigenvalue weighted by Crippen LogP contribution is -2.41. The molecule has 2 rings (SSSR count). The molecule has 2 N–H and O–H groups in total. The zero-order valence-electron chi connectivity index (χ0n) is 13.4. The first kappa shape index (κ1) is 17.4. The molecule has 1 saturated heterocycles. The minimum absolute atomic E-state index is 0.169. The monoisotopic (exact) mass is 339 g/mol. The summed E-state index contributed by atoms with van der Waals surface area (Å²) in [5, 5.41) is 2.51. The van der Waals surface area contributed by atoms with E-state index in [0.29, 0.717) is 0 Å². The van der Waals surface area contributed by atoms with Crippen LogP contribution in [0.1, 0.15) is 25.0 Å². The molecule has 23 heavy (non-hydrogen) atoms. The van der Waals surface area contributed by atoms with E-state index in [2.05, 4.69) is 10.0 Å². The minimum atomic E-state index is -3.59. The van der Waals surface area contributed by atoms with Gasteiger partial charge in [0.2, 0.25) is 10.0 Å². The van der Waals surface area contributed by atoms with Gasteiger partial charge in [0.1, 0.15) is 5.54 Å². The van der Waals surface area contributed by atoms with Crippen molar-refractivity contribution in [2.45, 2.75) is 32.9 Å². The molecule has 1 aromatic rings. The Morgan fingerprint density at radius 1 is 1.17 bits per heavy atom. The highest BCUT2D eigenvalue weighted by Crippen LogP contribution is 2.16. The van der Waals surface area contributed by atoms with Crippen LogP contribution in [-0.4, -0.2) is 43.1 Å². The van der Waals surface area contributed by atoms with Crippen molar-refractivity contribution < 1.29 is 18.0 Å². The Morgan fingerprint density at radius 2 is 1.78 bits per heavy atom. The first-order valence-electron chi connectivity index (χ1n) is 7.28. The molecule has 0 atom stereocenters. The number of urea groups is 1. The van der Waals surface area contributed by atoms with Crippen LogP contribution in [0.3, 0.4) is 0 Å². The fraction of sp³-hybridized carbons (Fsp3) is 0.467. The number of rotatable bonds is 6. The molecule has 0 aromatic heterocycles. The SMILES string of the molecule is Cc1ccc(CNS(=O)(=O)CCN2C(=O)NC(C)(C)C2=O)cc1. The molecule has 1 heterocycles. The summed E-state index contributed by atoms with van der Waals surface area (Å²) >= 11 is 0. The predicted molar refractivity (Wildman–Crippen MR) is 86.1 cm³/mol. The number of carbonyl (C=O) groups is 2. The van der Waals surface area contributed by atoms with Crippen molar-refractivity contribution in [1.82, 2.24) is 14.9 Å². The van der Waals surface area contributed by atoms with E-state index < -0.39 is 27.5 Å². The summed E-state index contributed by atoms with van der Waals surface area (Å²) in [4.78, 5) is 24.6. The smallest absolute Gasteiger partial charge is 0.324 e. The van der Waals surface area contributed by atoms with Crippen LogP contribution >= 0.6 is 0 Å². The van der Waals surface area contributed by atoms with Gasteiger partial charge in [0, 0.05) is 13.1 Å². The van der Waals surface area contributed by atoms with Gasteiger partial charge in [-0.2, -0.15) is 0 Å². The number of carbonyl (C=O) groups excluding carboxylic acids is 2. The number of sulfonamides is 1. The molecule has 126 valence electrons. The first-order chi connectivity index (χ1) is 10.6. The van der Waals surface area contributed by atoms with Crippen LogP contribution in [0.2, 0.25) is 0 Å². The second kappa shape index (κ2) is 6.29. The second-order valence-electron chi connectivity index (χ2n) is 6.14. The zero-order chi connectivity index (χ0) is 17.3. The number of nitrogens with one attached hydrogen (secondary N) is 2. The first-order valence-corrected chi connectivity index (χ1v) is 8.93. The minimum Gasteiger partial charge on any atom is -0.324 e. The molecule has 1 fully saturated rings. The van der Waals surface area contributed by atoms with Crippen LogP contribution in [0.25, 0.3) is 0 Å². The zero-order valence-corrected chi connectivity index (χ0v) is 14.2. The number of hydrogen-bond donors (Lipinski definition) is 2. The standard InChI is InChI=1S/C15H21N3O4S/c1-11-4-6-12(7-5-11)10-16-23(21,22)9-8-18-13(19)15(2,3)17-14(18)20/h4-7,16H,8-10H2,1-3H3,(H,17,20). The average Bonchev–Trinajstić information content (AvgIpc) is 2.65. The molecule has 0 bridgehead atoms. The Kier molecular flexibility index (Phi) is 4.76. The van der Waals surface area contributed by atoms with E-state index in [1.165, 1.54) is 0 Å². The summed E-state index contributed by atoms with van der Waals surface area (Å²) in [6.07, 6.45) is 0. The van der Waals surface area contributed by atoms with Crippen LogP contribution in [-0.2, 0) is 21.4 Å². The van der Waals surface area contributed by atoms with Gasteiger partial charge in [-0.3, -0.25) is 9.69 Å². The van der Waals surface area contributed by atoms with Gasteiger partial charge in [0.25, 0.3) is 5.91 Å². The number of nitrogens with zero attached hydrogens (tertiary/aromatic N) is 1. The van der Waals surface area contributed by atoms with E-state index in [9.17, 15) is 18.0 Å². The Hall–Kier alpha value is -1.93. The lowest BCUT2D eigenvalue weighted by atomic mass is 10.1. The predicted octanol–water partition coefficient (Wildman–Crippen LogP) is 0.745. The summed E-state index contributed by atoms with van der Waals surface area (Å²) in [6, 6.07) is 6.93. The van der Waals surface area contributed by atoms with Crippen LogP contribution in [0.15, 0.2) is 24.3 Å². The molecule has 3 amide bonds. The molecule has 1 aromatic carbocycles. The number of benzene rings is 1. The Bertz CT molecular complexity index is 711.